The Morgan fingerprint density at radius 3 is 2.30 bits per heavy atom. The van der Waals surface area contributed by atoms with E-state index < -0.39 is 5.56 Å². The highest BCUT2D eigenvalue weighted by molar-refractivity contribution is 6.32. The molecule has 0 aliphatic rings. The van der Waals surface area contributed by atoms with E-state index in [1.807, 2.05) is 48.5 Å². The van der Waals surface area contributed by atoms with Gasteiger partial charge in [0.1, 0.15) is 10.9 Å². The van der Waals surface area contributed by atoms with E-state index in [1.54, 1.807) is 19.1 Å². The normalized spacial score (nSPS) is 10.9. The summed E-state index contributed by atoms with van der Waals surface area (Å²) >= 11 is 11.3. The summed E-state index contributed by atoms with van der Waals surface area (Å²) in [6.45, 7) is 1.79. The monoisotopic (exact) mass is 442 g/mol. The van der Waals surface area contributed by atoms with Crippen molar-refractivity contribution in [1.82, 2.24) is 9.78 Å². The van der Waals surface area contributed by atoms with Crippen molar-refractivity contribution in [3.63, 3.8) is 0 Å². The maximum absolute atomic E-state index is 11.7. The summed E-state index contributed by atoms with van der Waals surface area (Å²) in [5.41, 5.74) is 6.66. The van der Waals surface area contributed by atoms with Crippen molar-refractivity contribution in [2.45, 2.75) is 13.0 Å². The molecule has 1 aromatic heterocycles. The molecule has 3 rings (SSSR count). The number of halogens is 2. The molecule has 0 aliphatic heterocycles. The van der Waals surface area contributed by atoms with Gasteiger partial charge < -0.3 is 5.73 Å². The van der Waals surface area contributed by atoms with Crippen molar-refractivity contribution >= 4 is 40.5 Å². The smallest absolute Gasteiger partial charge is 0.292 e. The van der Waals surface area contributed by atoms with Crippen LogP contribution in [0.2, 0.25) is 5.02 Å². The Morgan fingerprint density at radius 1 is 1.20 bits per heavy atom. The van der Waals surface area contributed by atoms with Gasteiger partial charge in [0.2, 0.25) is 5.91 Å². The summed E-state index contributed by atoms with van der Waals surface area (Å²) in [6.07, 6.45) is 6.67. The van der Waals surface area contributed by atoms with Crippen LogP contribution in [0.25, 0.3) is 5.69 Å². The van der Waals surface area contributed by atoms with Crippen LogP contribution in [0.3, 0.4) is 0 Å². The maximum Gasteiger partial charge on any atom is 0.292 e. The highest BCUT2D eigenvalue weighted by Gasteiger charge is 2.19. The molecule has 1 unspecified atom stereocenters. The van der Waals surface area contributed by atoms with Crippen LogP contribution in [0.15, 0.2) is 71.7 Å². The molecule has 6 nitrogen and oxygen atoms in total. The van der Waals surface area contributed by atoms with Gasteiger partial charge in [0.05, 0.1) is 23.6 Å². The van der Waals surface area contributed by atoms with Crippen molar-refractivity contribution in [3.8, 4) is 18.0 Å². The number of hydrogen-bond acceptors (Lipinski definition) is 4. The van der Waals surface area contributed by atoms with Gasteiger partial charge in [-0.05, 0) is 31.2 Å². The van der Waals surface area contributed by atoms with Gasteiger partial charge in [0.15, 0.2) is 0 Å². The second-order valence-electron chi connectivity index (χ2n) is 6.04. The average molecular weight is 443 g/mol. The van der Waals surface area contributed by atoms with Gasteiger partial charge in [-0.25, -0.2) is 0 Å². The van der Waals surface area contributed by atoms with Gasteiger partial charge in [-0.2, -0.15) is 9.78 Å². The number of nitrogen functional groups attached to an aromatic ring is 1. The Balaban J connectivity index is 0.000000214. The van der Waals surface area contributed by atoms with E-state index in [1.165, 1.54) is 15.8 Å². The zero-order valence-electron chi connectivity index (χ0n) is 16.2. The predicted molar refractivity (Wildman–Crippen MR) is 122 cm³/mol. The minimum absolute atomic E-state index is 0.00569. The van der Waals surface area contributed by atoms with Crippen LogP contribution < -0.4 is 16.2 Å². The first-order valence-electron chi connectivity index (χ1n) is 8.88. The summed E-state index contributed by atoms with van der Waals surface area (Å²) < 4.78 is 1.21. The molecule has 0 saturated heterocycles. The third kappa shape index (κ3) is 5.63. The first kappa shape index (κ1) is 23.0. The predicted octanol–water partition coefficient (Wildman–Crippen LogP) is 3.75. The highest BCUT2D eigenvalue weighted by atomic mass is 35.5. The van der Waals surface area contributed by atoms with Gasteiger partial charge in [-0.15, -0.1) is 18.0 Å². The third-order valence-corrected chi connectivity index (χ3v) is 4.60. The summed E-state index contributed by atoms with van der Waals surface area (Å²) in [6, 6.07) is 18.0. The fourth-order valence-electron chi connectivity index (χ4n) is 2.51. The molecule has 1 heterocycles. The lowest BCUT2D eigenvalue weighted by Gasteiger charge is -2.25. The number of anilines is 2. The summed E-state index contributed by atoms with van der Waals surface area (Å²) in [5, 5.41) is 3.90. The van der Waals surface area contributed by atoms with E-state index in [2.05, 4.69) is 11.0 Å². The molecule has 0 spiro atoms. The van der Waals surface area contributed by atoms with Crippen LogP contribution in [0.4, 0.5) is 11.4 Å². The van der Waals surface area contributed by atoms with Crippen LogP contribution in [0.5, 0.6) is 0 Å². The molecule has 3 aromatic rings. The lowest BCUT2D eigenvalue weighted by Crippen LogP contribution is -2.38. The molecule has 1 atom stereocenters. The van der Waals surface area contributed by atoms with Crippen LogP contribution in [0.1, 0.15) is 6.92 Å². The fourth-order valence-corrected chi connectivity index (χ4v) is 2.77. The van der Waals surface area contributed by atoms with Gasteiger partial charge in [-0.3, -0.25) is 14.5 Å². The first-order valence-corrected chi connectivity index (χ1v) is 9.79. The second kappa shape index (κ2) is 11.1. The van der Waals surface area contributed by atoms with Gasteiger partial charge >= 0.3 is 0 Å². The first-order chi connectivity index (χ1) is 14.4. The van der Waals surface area contributed by atoms with Crippen molar-refractivity contribution < 1.29 is 4.79 Å². The number of nitrogens with two attached hydrogens (primary N) is 1. The van der Waals surface area contributed by atoms with Crippen LogP contribution >= 0.6 is 23.2 Å². The number of carbonyl (C=O) groups is 1. The molecule has 2 N–H and O–H groups in total. The molecule has 0 fully saturated rings. The number of aromatic nitrogens is 2. The average Bonchev–Trinajstić information content (AvgIpc) is 2.79. The molecule has 0 radical (unpaired) electrons. The van der Waals surface area contributed by atoms with E-state index in [0.717, 1.165) is 5.69 Å². The van der Waals surface area contributed by atoms with E-state index >= 15 is 0 Å². The van der Waals surface area contributed by atoms with E-state index in [9.17, 15) is 9.59 Å². The molecule has 8 heteroatoms. The minimum atomic E-state index is -0.414. The highest BCUT2D eigenvalue weighted by Crippen LogP contribution is 2.17. The zero-order valence-corrected chi connectivity index (χ0v) is 17.7. The topological polar surface area (TPSA) is 81.2 Å². The zero-order chi connectivity index (χ0) is 22.1. The molecule has 0 bridgehead atoms. The molecular weight excluding hydrogens is 423 g/mol. The number of terminal acetylenes is 1. The van der Waals surface area contributed by atoms with Crippen molar-refractivity contribution in [2.24, 2.45) is 0 Å². The SMILES string of the molecule is C#CC(C)N(C(=O)CCl)c1ccccc1.Nc1cnn(-c2ccccc2)c(=O)c1Cl. The fraction of sp³-hybridized carbons (Fsp3) is 0.136. The molecule has 2 aromatic carbocycles. The second-order valence-corrected chi connectivity index (χ2v) is 6.69. The summed E-state index contributed by atoms with van der Waals surface area (Å²) in [7, 11) is 0. The minimum Gasteiger partial charge on any atom is -0.396 e. The molecular formula is C22H20Cl2N4O2. The Morgan fingerprint density at radius 2 is 1.77 bits per heavy atom. The van der Waals surface area contributed by atoms with Crippen molar-refractivity contribution in [1.29, 1.82) is 0 Å². The number of para-hydroxylation sites is 2. The number of alkyl halides is 1. The lowest BCUT2D eigenvalue weighted by atomic mass is 10.2. The van der Waals surface area contributed by atoms with E-state index in [0.29, 0.717) is 5.69 Å². The molecule has 30 heavy (non-hydrogen) atoms. The van der Waals surface area contributed by atoms with Crippen LogP contribution in [-0.4, -0.2) is 27.6 Å². The Kier molecular flexibility index (Phi) is 8.48. The van der Waals surface area contributed by atoms with Crippen LogP contribution in [-0.2, 0) is 4.79 Å². The summed E-state index contributed by atoms with van der Waals surface area (Å²) in [5.74, 6) is 2.27. The number of amides is 1. The number of rotatable bonds is 4. The Labute approximate surface area is 184 Å². The van der Waals surface area contributed by atoms with Crippen molar-refractivity contribution in [2.75, 3.05) is 16.5 Å². The largest absolute Gasteiger partial charge is 0.396 e. The van der Waals surface area contributed by atoms with E-state index in [4.69, 9.17) is 35.4 Å². The van der Waals surface area contributed by atoms with Crippen LogP contribution in [0, 0.1) is 12.3 Å². The number of nitrogens with zero attached hydrogens (tertiary/aromatic N) is 3. The third-order valence-electron chi connectivity index (χ3n) is 3.99. The van der Waals surface area contributed by atoms with Gasteiger partial charge in [0.25, 0.3) is 5.56 Å². The van der Waals surface area contributed by atoms with Gasteiger partial charge in [-0.1, -0.05) is 53.9 Å². The van der Waals surface area contributed by atoms with E-state index in [-0.39, 0.29) is 28.5 Å². The number of carbonyl (C=O) groups excluding carboxylic acids is 1. The standard InChI is InChI=1S/C12H12ClNO.C10H8ClN3O/c1-3-10(2)14(12(15)9-13)11-7-5-4-6-8-11;11-9-8(12)6-13-14(10(9)15)7-4-2-1-3-5-7/h1,4-8,10H,9H2,2H3;1-6H,12H2. The molecule has 0 saturated carbocycles. The Hall–Kier alpha value is -3.27. The lowest BCUT2D eigenvalue weighted by molar-refractivity contribution is -0.116. The number of benzene rings is 2. The molecule has 1 amide bonds. The number of hydrogen-bond donors (Lipinski definition) is 1. The molecule has 0 aliphatic carbocycles. The maximum atomic E-state index is 11.7. The molecule has 154 valence electrons. The Bertz CT molecular complexity index is 1080. The summed E-state index contributed by atoms with van der Waals surface area (Å²) in [4.78, 5) is 24.8. The van der Waals surface area contributed by atoms with Gasteiger partial charge in [0, 0.05) is 5.69 Å². The quantitative estimate of drug-likeness (QED) is 0.492. The van der Waals surface area contributed by atoms with Crippen molar-refractivity contribution in [3.05, 3.63) is 82.2 Å².